The van der Waals surface area contributed by atoms with Gasteiger partial charge >= 0.3 is 5.97 Å². The molecule has 0 amide bonds. The molecule has 6 heteroatoms. The zero-order chi connectivity index (χ0) is 20.6. The van der Waals surface area contributed by atoms with Crippen molar-refractivity contribution >= 4 is 23.3 Å². The molecule has 6 nitrogen and oxygen atoms in total. The van der Waals surface area contributed by atoms with Crippen LogP contribution in [0.5, 0.6) is 0 Å². The van der Waals surface area contributed by atoms with Gasteiger partial charge in [0.05, 0.1) is 12.2 Å². The van der Waals surface area contributed by atoms with Crippen LogP contribution < -0.4 is 10.2 Å². The van der Waals surface area contributed by atoms with Crippen molar-refractivity contribution in [3.05, 3.63) is 77.6 Å². The average Bonchev–Trinajstić information content (AvgIpc) is 2.73. The van der Waals surface area contributed by atoms with Crippen LogP contribution in [0.3, 0.4) is 0 Å². The van der Waals surface area contributed by atoms with Gasteiger partial charge in [-0.05, 0) is 50.6 Å². The first-order chi connectivity index (χ1) is 14.1. The first-order valence-corrected chi connectivity index (χ1v) is 9.77. The summed E-state index contributed by atoms with van der Waals surface area (Å²) in [5, 5.41) is 3.30. The molecule has 1 aromatic heterocycles. The third kappa shape index (κ3) is 5.54. The quantitative estimate of drug-likeness (QED) is 0.561. The van der Waals surface area contributed by atoms with Crippen LogP contribution in [0.25, 0.3) is 0 Å². The lowest BCUT2D eigenvalue weighted by Gasteiger charge is -2.23. The van der Waals surface area contributed by atoms with Crippen molar-refractivity contribution in [2.45, 2.75) is 27.3 Å². The maximum absolute atomic E-state index is 11.8. The van der Waals surface area contributed by atoms with E-state index in [9.17, 15) is 4.79 Å². The van der Waals surface area contributed by atoms with E-state index in [1.807, 2.05) is 43.3 Å². The Bertz CT molecular complexity index is 943. The van der Waals surface area contributed by atoms with Crippen LogP contribution in [0.4, 0.5) is 17.3 Å². The third-order valence-corrected chi connectivity index (χ3v) is 4.41. The van der Waals surface area contributed by atoms with Crippen LogP contribution in [0.15, 0.2) is 60.7 Å². The second-order valence-corrected chi connectivity index (χ2v) is 6.58. The largest absolute Gasteiger partial charge is 0.462 e. The Morgan fingerprint density at radius 3 is 2.41 bits per heavy atom. The zero-order valence-corrected chi connectivity index (χ0v) is 17.1. The predicted molar refractivity (Wildman–Crippen MR) is 116 cm³/mol. The van der Waals surface area contributed by atoms with E-state index in [2.05, 4.69) is 39.2 Å². The number of ether oxygens (including phenoxy) is 1. The molecule has 2 aromatic carbocycles. The van der Waals surface area contributed by atoms with Gasteiger partial charge in [-0.25, -0.2) is 14.8 Å². The molecule has 0 spiro atoms. The Hall–Kier alpha value is -3.41. The number of aryl methyl sites for hydroxylation is 1. The summed E-state index contributed by atoms with van der Waals surface area (Å²) >= 11 is 0. The Morgan fingerprint density at radius 2 is 1.76 bits per heavy atom. The van der Waals surface area contributed by atoms with Gasteiger partial charge in [-0.1, -0.05) is 30.3 Å². The van der Waals surface area contributed by atoms with E-state index in [0.29, 0.717) is 23.8 Å². The van der Waals surface area contributed by atoms with Crippen LogP contribution in [-0.4, -0.2) is 29.1 Å². The topological polar surface area (TPSA) is 67.3 Å². The number of esters is 1. The van der Waals surface area contributed by atoms with Gasteiger partial charge in [-0.15, -0.1) is 0 Å². The van der Waals surface area contributed by atoms with Crippen molar-refractivity contribution in [3.8, 4) is 0 Å². The van der Waals surface area contributed by atoms with E-state index in [4.69, 9.17) is 4.74 Å². The standard InChI is InChI=1S/C23H26N4O2/c1-4-27(16-18-9-7-6-8-10-18)22-15-21(24-17(3)25-22)26-20-13-11-19(12-14-20)23(28)29-5-2/h6-15H,4-5,16H2,1-3H3,(H,24,25,26). The number of rotatable bonds is 8. The van der Waals surface area contributed by atoms with Gasteiger partial charge in [-0.2, -0.15) is 0 Å². The number of nitrogens with zero attached hydrogens (tertiary/aromatic N) is 3. The minimum Gasteiger partial charge on any atom is -0.462 e. The lowest BCUT2D eigenvalue weighted by molar-refractivity contribution is 0.0526. The number of hydrogen-bond donors (Lipinski definition) is 1. The molecule has 0 atom stereocenters. The summed E-state index contributed by atoms with van der Waals surface area (Å²) in [6.45, 7) is 7.76. The molecule has 0 unspecified atom stereocenters. The molecule has 150 valence electrons. The Labute approximate surface area is 171 Å². The minimum atomic E-state index is -0.321. The first-order valence-electron chi connectivity index (χ1n) is 9.77. The van der Waals surface area contributed by atoms with Gasteiger partial charge < -0.3 is 15.0 Å². The highest BCUT2D eigenvalue weighted by Gasteiger charge is 2.11. The smallest absolute Gasteiger partial charge is 0.338 e. The highest BCUT2D eigenvalue weighted by Crippen LogP contribution is 2.22. The van der Waals surface area contributed by atoms with Crippen molar-refractivity contribution < 1.29 is 9.53 Å². The zero-order valence-electron chi connectivity index (χ0n) is 17.1. The number of carbonyl (C=O) groups is 1. The molecule has 0 fully saturated rings. The molecular formula is C23H26N4O2. The van der Waals surface area contributed by atoms with Crippen molar-refractivity contribution in [2.75, 3.05) is 23.4 Å². The normalized spacial score (nSPS) is 10.4. The number of benzene rings is 2. The van der Waals surface area contributed by atoms with Crippen molar-refractivity contribution in [3.63, 3.8) is 0 Å². The van der Waals surface area contributed by atoms with Crippen molar-refractivity contribution in [2.24, 2.45) is 0 Å². The van der Waals surface area contributed by atoms with Gasteiger partial charge in [0, 0.05) is 24.8 Å². The third-order valence-electron chi connectivity index (χ3n) is 4.41. The second-order valence-electron chi connectivity index (χ2n) is 6.58. The summed E-state index contributed by atoms with van der Waals surface area (Å²) in [5.74, 6) is 1.95. The molecule has 0 bridgehead atoms. The number of aromatic nitrogens is 2. The molecule has 0 aliphatic rings. The molecule has 0 saturated heterocycles. The molecule has 0 radical (unpaired) electrons. The fourth-order valence-electron chi connectivity index (χ4n) is 2.99. The van der Waals surface area contributed by atoms with E-state index < -0.39 is 0 Å². The highest BCUT2D eigenvalue weighted by molar-refractivity contribution is 5.89. The summed E-state index contributed by atoms with van der Waals surface area (Å²) < 4.78 is 5.02. The van der Waals surface area contributed by atoms with Crippen LogP contribution in [0.2, 0.25) is 0 Å². The minimum absolute atomic E-state index is 0.321. The maximum atomic E-state index is 11.8. The van der Waals surface area contributed by atoms with Gasteiger partial charge in [0.25, 0.3) is 0 Å². The molecule has 3 rings (SSSR count). The predicted octanol–water partition coefficient (Wildman–Crippen LogP) is 4.73. The van der Waals surface area contributed by atoms with E-state index in [0.717, 1.165) is 24.6 Å². The molecule has 0 saturated carbocycles. The lowest BCUT2D eigenvalue weighted by atomic mass is 10.2. The number of hydrogen-bond acceptors (Lipinski definition) is 6. The van der Waals surface area contributed by atoms with E-state index in [1.54, 1.807) is 19.1 Å². The Morgan fingerprint density at radius 1 is 1.03 bits per heavy atom. The molecule has 1 N–H and O–H groups in total. The summed E-state index contributed by atoms with van der Waals surface area (Å²) in [6.07, 6.45) is 0. The number of carbonyl (C=O) groups excluding carboxylic acids is 1. The van der Waals surface area contributed by atoms with Gasteiger partial charge in [0.2, 0.25) is 0 Å². The molecule has 0 aliphatic carbocycles. The average molecular weight is 390 g/mol. The van der Waals surface area contributed by atoms with Crippen LogP contribution in [0, 0.1) is 6.92 Å². The lowest BCUT2D eigenvalue weighted by Crippen LogP contribution is -2.23. The monoisotopic (exact) mass is 390 g/mol. The van der Waals surface area contributed by atoms with Crippen LogP contribution >= 0.6 is 0 Å². The molecular weight excluding hydrogens is 364 g/mol. The fourth-order valence-corrected chi connectivity index (χ4v) is 2.99. The van der Waals surface area contributed by atoms with E-state index in [-0.39, 0.29) is 5.97 Å². The fraction of sp³-hybridized carbons (Fsp3) is 0.261. The van der Waals surface area contributed by atoms with E-state index >= 15 is 0 Å². The first kappa shape index (κ1) is 20.3. The summed E-state index contributed by atoms with van der Waals surface area (Å²) in [4.78, 5) is 23.1. The van der Waals surface area contributed by atoms with Crippen molar-refractivity contribution in [1.29, 1.82) is 0 Å². The highest BCUT2D eigenvalue weighted by atomic mass is 16.5. The second kappa shape index (κ2) is 9.68. The Balaban J connectivity index is 1.77. The summed E-state index contributed by atoms with van der Waals surface area (Å²) in [6, 6.07) is 19.4. The molecule has 3 aromatic rings. The van der Waals surface area contributed by atoms with Crippen LogP contribution in [-0.2, 0) is 11.3 Å². The number of nitrogens with one attached hydrogen (secondary N) is 1. The molecule has 29 heavy (non-hydrogen) atoms. The van der Waals surface area contributed by atoms with E-state index in [1.165, 1.54) is 5.56 Å². The van der Waals surface area contributed by atoms with Gasteiger partial charge in [0.1, 0.15) is 17.5 Å². The number of anilines is 3. The Kier molecular flexibility index (Phi) is 6.79. The molecule has 0 aliphatic heterocycles. The van der Waals surface area contributed by atoms with Gasteiger partial charge in [0.15, 0.2) is 0 Å². The van der Waals surface area contributed by atoms with Crippen LogP contribution in [0.1, 0.15) is 35.6 Å². The van der Waals surface area contributed by atoms with Gasteiger partial charge in [-0.3, -0.25) is 0 Å². The van der Waals surface area contributed by atoms with Crippen molar-refractivity contribution in [1.82, 2.24) is 9.97 Å². The SMILES string of the molecule is CCOC(=O)c1ccc(Nc2cc(N(CC)Cc3ccccc3)nc(C)n2)cc1. The summed E-state index contributed by atoms with van der Waals surface area (Å²) in [5.41, 5.74) is 2.60. The summed E-state index contributed by atoms with van der Waals surface area (Å²) in [7, 11) is 0. The molecule has 1 heterocycles. The maximum Gasteiger partial charge on any atom is 0.338 e.